The van der Waals surface area contributed by atoms with Gasteiger partial charge in [-0.1, -0.05) is 37.6 Å². The summed E-state index contributed by atoms with van der Waals surface area (Å²) >= 11 is 6.31. The number of ketones is 1. The molecule has 0 spiro atoms. The Morgan fingerprint density at radius 1 is 1.17 bits per heavy atom. The van der Waals surface area contributed by atoms with Gasteiger partial charge in [0.2, 0.25) is 5.91 Å². The van der Waals surface area contributed by atoms with Gasteiger partial charge < -0.3 is 4.90 Å². The van der Waals surface area contributed by atoms with Crippen molar-refractivity contribution in [3.63, 3.8) is 0 Å². The van der Waals surface area contributed by atoms with Gasteiger partial charge in [0.25, 0.3) is 0 Å². The van der Waals surface area contributed by atoms with Crippen LogP contribution in [0.1, 0.15) is 64.4 Å². The number of benzene rings is 1. The summed E-state index contributed by atoms with van der Waals surface area (Å²) in [7, 11) is 0. The Morgan fingerprint density at radius 2 is 1.90 bits per heavy atom. The molecule has 0 N–H and O–H groups in total. The number of Topliss-reactive ketones (excluding diaryl/α,β-unsaturated/α-hetero) is 1. The fraction of sp³-hybridized carbons (Fsp3) is 0.542. The summed E-state index contributed by atoms with van der Waals surface area (Å²) in [5.41, 5.74) is 3.23. The number of nitrogens with zero attached hydrogens (tertiary/aromatic N) is 2. The van der Waals surface area contributed by atoms with E-state index in [0.717, 1.165) is 54.9 Å². The fourth-order valence-electron chi connectivity index (χ4n) is 5.14. The van der Waals surface area contributed by atoms with Gasteiger partial charge in [-0.25, -0.2) is 0 Å². The number of hydrogen-bond donors (Lipinski definition) is 0. The fourth-order valence-corrected chi connectivity index (χ4v) is 5.33. The molecule has 1 fully saturated rings. The Hall–Kier alpha value is -1.94. The van der Waals surface area contributed by atoms with Crippen molar-refractivity contribution >= 4 is 29.0 Å². The van der Waals surface area contributed by atoms with E-state index in [-0.39, 0.29) is 23.0 Å². The van der Waals surface area contributed by atoms with Crippen molar-refractivity contribution in [2.45, 2.75) is 58.8 Å². The van der Waals surface area contributed by atoms with Crippen molar-refractivity contribution in [1.82, 2.24) is 4.90 Å². The molecule has 1 aromatic carbocycles. The van der Waals surface area contributed by atoms with Crippen LogP contribution in [0.25, 0.3) is 0 Å². The molecule has 1 aliphatic carbocycles. The first-order valence-electron chi connectivity index (χ1n) is 10.6. The molecule has 0 saturated carbocycles. The SMILES string of the molecule is CC1=NC2=C(C(=O)CC(C)(C)C2)[C@H](c2cccc(Cl)c2)C1C(=O)N1CCCCC1. The molecule has 0 aromatic heterocycles. The van der Waals surface area contributed by atoms with Crippen LogP contribution in [0.3, 0.4) is 0 Å². The van der Waals surface area contributed by atoms with E-state index in [1.165, 1.54) is 6.42 Å². The predicted molar refractivity (Wildman–Crippen MR) is 116 cm³/mol. The monoisotopic (exact) mass is 412 g/mol. The Kier molecular flexibility index (Phi) is 5.41. The Balaban J connectivity index is 1.83. The summed E-state index contributed by atoms with van der Waals surface area (Å²) in [6, 6.07) is 7.62. The van der Waals surface area contributed by atoms with Gasteiger partial charge in [0.05, 0.1) is 5.92 Å². The van der Waals surface area contributed by atoms with E-state index in [2.05, 4.69) is 13.8 Å². The van der Waals surface area contributed by atoms with Crippen molar-refractivity contribution in [2.24, 2.45) is 16.3 Å². The highest BCUT2D eigenvalue weighted by Gasteiger charge is 2.46. The van der Waals surface area contributed by atoms with E-state index in [9.17, 15) is 9.59 Å². The third-order valence-corrected chi connectivity index (χ3v) is 6.68. The number of hydrogen-bond acceptors (Lipinski definition) is 3. The lowest BCUT2D eigenvalue weighted by atomic mass is 9.66. The Morgan fingerprint density at radius 3 is 2.59 bits per heavy atom. The average molecular weight is 413 g/mol. The maximum atomic E-state index is 13.6. The van der Waals surface area contributed by atoms with Crippen LogP contribution in [0, 0.1) is 11.3 Å². The molecule has 154 valence electrons. The Bertz CT molecular complexity index is 909. The number of allylic oxidation sites excluding steroid dienone is 2. The second-order valence-electron chi connectivity index (χ2n) is 9.45. The summed E-state index contributed by atoms with van der Waals surface area (Å²) in [6.07, 6.45) is 4.49. The van der Waals surface area contributed by atoms with Crippen LogP contribution in [0.15, 0.2) is 40.5 Å². The standard InChI is InChI=1S/C24H29ClN2O2/c1-15-20(23(29)27-10-5-4-6-11-27)21(16-8-7-9-17(25)12-16)22-18(26-15)13-24(2,3)14-19(22)28/h7-9,12,20-21H,4-6,10-11,13-14H2,1-3H3/t20?,21-/m1/s1. The van der Waals surface area contributed by atoms with Crippen LogP contribution in [0.4, 0.5) is 0 Å². The lowest BCUT2D eigenvalue weighted by Crippen LogP contribution is -2.46. The van der Waals surface area contributed by atoms with Gasteiger partial charge in [-0.3, -0.25) is 14.6 Å². The van der Waals surface area contributed by atoms with Crippen LogP contribution in [-0.2, 0) is 9.59 Å². The molecule has 2 atom stereocenters. The summed E-state index contributed by atoms with van der Waals surface area (Å²) in [5, 5.41) is 0.623. The maximum Gasteiger partial charge on any atom is 0.232 e. The Labute approximate surface area is 178 Å². The topological polar surface area (TPSA) is 49.7 Å². The molecule has 1 aromatic rings. The molecule has 29 heavy (non-hydrogen) atoms. The van der Waals surface area contributed by atoms with Crippen molar-refractivity contribution in [3.8, 4) is 0 Å². The summed E-state index contributed by atoms with van der Waals surface area (Å²) < 4.78 is 0. The maximum absolute atomic E-state index is 13.6. The number of likely N-dealkylation sites (tertiary alicyclic amines) is 1. The third-order valence-electron chi connectivity index (χ3n) is 6.44. The van der Waals surface area contributed by atoms with E-state index in [1.807, 2.05) is 36.1 Å². The number of piperidine rings is 1. The van der Waals surface area contributed by atoms with Crippen LogP contribution in [0.2, 0.25) is 5.02 Å². The molecule has 4 nitrogen and oxygen atoms in total. The number of halogens is 1. The second kappa shape index (κ2) is 7.71. The van der Waals surface area contributed by atoms with Crippen molar-refractivity contribution in [1.29, 1.82) is 0 Å². The highest BCUT2D eigenvalue weighted by Crippen LogP contribution is 2.48. The van der Waals surface area contributed by atoms with Crippen molar-refractivity contribution in [3.05, 3.63) is 46.1 Å². The summed E-state index contributed by atoms with van der Waals surface area (Å²) in [5.74, 6) is -0.524. The minimum atomic E-state index is -0.435. The molecule has 1 amide bonds. The number of carbonyl (C=O) groups excluding carboxylic acids is 2. The van der Waals surface area contributed by atoms with E-state index >= 15 is 0 Å². The highest BCUT2D eigenvalue weighted by atomic mass is 35.5. The third kappa shape index (κ3) is 3.92. The first-order chi connectivity index (χ1) is 13.8. The predicted octanol–water partition coefficient (Wildman–Crippen LogP) is 5.17. The second-order valence-corrected chi connectivity index (χ2v) is 9.89. The van der Waals surface area contributed by atoms with Gasteiger partial charge in [-0.05, 0) is 55.7 Å². The van der Waals surface area contributed by atoms with E-state index in [1.54, 1.807) is 0 Å². The average Bonchev–Trinajstić information content (AvgIpc) is 2.66. The smallest absolute Gasteiger partial charge is 0.232 e. The molecule has 1 saturated heterocycles. The van der Waals surface area contributed by atoms with Gasteiger partial charge in [-0.15, -0.1) is 0 Å². The highest BCUT2D eigenvalue weighted by molar-refractivity contribution is 6.30. The van der Waals surface area contributed by atoms with Crippen LogP contribution in [-0.4, -0.2) is 35.4 Å². The number of amides is 1. The number of carbonyl (C=O) groups is 2. The lowest BCUT2D eigenvalue weighted by molar-refractivity contribution is -0.134. The van der Waals surface area contributed by atoms with Crippen LogP contribution in [0.5, 0.6) is 0 Å². The van der Waals surface area contributed by atoms with Gasteiger partial charge >= 0.3 is 0 Å². The molecule has 2 aliphatic heterocycles. The largest absolute Gasteiger partial charge is 0.342 e. The summed E-state index contributed by atoms with van der Waals surface area (Å²) in [4.78, 5) is 33.7. The normalized spacial score (nSPS) is 26.8. The van der Waals surface area contributed by atoms with Gasteiger partial charge in [0.15, 0.2) is 5.78 Å². The summed E-state index contributed by atoms with van der Waals surface area (Å²) in [6.45, 7) is 7.74. The van der Waals surface area contributed by atoms with Gasteiger partial charge in [0.1, 0.15) is 0 Å². The minimum absolute atomic E-state index is 0.0973. The molecule has 2 heterocycles. The zero-order valence-electron chi connectivity index (χ0n) is 17.5. The zero-order valence-corrected chi connectivity index (χ0v) is 18.3. The molecule has 3 aliphatic rings. The van der Waals surface area contributed by atoms with E-state index in [4.69, 9.17) is 16.6 Å². The van der Waals surface area contributed by atoms with Crippen LogP contribution < -0.4 is 0 Å². The van der Waals surface area contributed by atoms with Crippen molar-refractivity contribution in [2.75, 3.05) is 13.1 Å². The molecule has 4 rings (SSSR count). The molecule has 5 heteroatoms. The lowest BCUT2D eigenvalue weighted by Gasteiger charge is -2.41. The first kappa shape index (κ1) is 20.3. The molecule has 1 unspecified atom stereocenters. The van der Waals surface area contributed by atoms with E-state index in [0.29, 0.717) is 11.4 Å². The van der Waals surface area contributed by atoms with E-state index < -0.39 is 5.92 Å². The molecule has 0 radical (unpaired) electrons. The molecule has 0 bridgehead atoms. The quantitative estimate of drug-likeness (QED) is 0.672. The van der Waals surface area contributed by atoms with Crippen molar-refractivity contribution < 1.29 is 9.59 Å². The molecular weight excluding hydrogens is 384 g/mol. The first-order valence-corrected chi connectivity index (χ1v) is 11.0. The number of aliphatic imine (C=N–C) groups is 1. The van der Waals surface area contributed by atoms with Gasteiger partial charge in [0, 0.05) is 47.4 Å². The van der Waals surface area contributed by atoms with Crippen LogP contribution >= 0.6 is 11.6 Å². The number of rotatable bonds is 2. The zero-order chi connectivity index (χ0) is 20.8. The molecular formula is C24H29ClN2O2. The van der Waals surface area contributed by atoms with Gasteiger partial charge in [-0.2, -0.15) is 0 Å². The minimum Gasteiger partial charge on any atom is -0.342 e.